The summed E-state index contributed by atoms with van der Waals surface area (Å²) in [6, 6.07) is 11.4. The van der Waals surface area contributed by atoms with Crippen LogP contribution in [-0.4, -0.2) is 19.3 Å². The predicted octanol–water partition coefficient (Wildman–Crippen LogP) is 2.45. The Balaban J connectivity index is 1.77. The Labute approximate surface area is 143 Å². The first-order chi connectivity index (χ1) is 11.7. The van der Waals surface area contributed by atoms with Crippen LogP contribution in [0.4, 0.5) is 4.39 Å². The molecule has 0 bridgehead atoms. The van der Waals surface area contributed by atoms with E-state index in [1.54, 1.807) is 31.2 Å². The molecule has 130 valence electrons. The maximum atomic E-state index is 13.2. The molecule has 3 rings (SSSR count). The smallest absolute Gasteiger partial charge is 0.268 e. The number of carbonyl (C=O) groups is 1. The molecule has 0 saturated carbocycles. The van der Waals surface area contributed by atoms with Gasteiger partial charge in [-0.25, -0.2) is 17.9 Å². The van der Waals surface area contributed by atoms with Gasteiger partial charge >= 0.3 is 0 Å². The quantitative estimate of drug-likeness (QED) is 0.664. The summed E-state index contributed by atoms with van der Waals surface area (Å²) in [6.07, 6.45) is 0. The monoisotopic (exact) mass is 361 g/mol. The maximum absolute atomic E-state index is 13.2. The molecule has 4 N–H and O–H groups in total. The lowest BCUT2D eigenvalue weighted by Crippen LogP contribution is -2.27. The van der Waals surface area contributed by atoms with Crippen molar-refractivity contribution in [2.24, 2.45) is 5.14 Å². The van der Waals surface area contributed by atoms with Crippen LogP contribution in [0.1, 0.15) is 29.0 Å². The van der Waals surface area contributed by atoms with Crippen LogP contribution in [0.25, 0.3) is 10.9 Å². The lowest BCUT2D eigenvalue weighted by atomic mass is 10.1. The molecule has 1 heterocycles. The highest BCUT2D eigenvalue weighted by molar-refractivity contribution is 7.89. The number of benzene rings is 2. The normalized spacial score (nSPS) is 12.9. The first kappa shape index (κ1) is 17.1. The molecule has 0 aliphatic carbocycles. The van der Waals surface area contributed by atoms with E-state index in [0.717, 1.165) is 5.56 Å². The molecular formula is C17H16FN3O3S. The number of rotatable bonds is 4. The zero-order valence-corrected chi connectivity index (χ0v) is 14.1. The van der Waals surface area contributed by atoms with Gasteiger partial charge in [0.05, 0.1) is 10.9 Å². The summed E-state index contributed by atoms with van der Waals surface area (Å²) in [7, 11) is -3.75. The average molecular weight is 361 g/mol. The number of aromatic amines is 1. The maximum Gasteiger partial charge on any atom is 0.268 e. The molecule has 1 atom stereocenters. The van der Waals surface area contributed by atoms with Crippen LogP contribution in [-0.2, 0) is 10.0 Å². The van der Waals surface area contributed by atoms with E-state index in [4.69, 9.17) is 5.14 Å². The van der Waals surface area contributed by atoms with Gasteiger partial charge in [-0.05, 0) is 48.9 Å². The Morgan fingerprint density at radius 3 is 2.48 bits per heavy atom. The van der Waals surface area contributed by atoms with Crippen LogP contribution >= 0.6 is 0 Å². The fourth-order valence-electron chi connectivity index (χ4n) is 2.53. The van der Waals surface area contributed by atoms with Crippen molar-refractivity contribution in [3.05, 3.63) is 65.6 Å². The Kier molecular flexibility index (Phi) is 4.32. The highest BCUT2D eigenvalue weighted by Gasteiger charge is 2.15. The van der Waals surface area contributed by atoms with Crippen molar-refractivity contribution in [2.75, 3.05) is 0 Å². The third kappa shape index (κ3) is 3.70. The molecule has 3 aromatic rings. The first-order valence-corrected chi connectivity index (χ1v) is 9.00. The Bertz CT molecular complexity index is 1040. The second-order valence-electron chi connectivity index (χ2n) is 5.72. The molecule has 0 spiro atoms. The number of nitrogens with two attached hydrogens (primary N) is 1. The standard InChI is InChI=1S/C17H16FN3O3S/c1-10(11-2-5-14(6-3-11)25(19,23)24)20-17(22)16-9-12-8-13(18)4-7-15(12)21-16/h2-10,21H,1H3,(H,20,22)(H2,19,23,24). The van der Waals surface area contributed by atoms with Crippen LogP contribution in [0.5, 0.6) is 0 Å². The predicted molar refractivity (Wildman–Crippen MR) is 92.0 cm³/mol. The number of primary sulfonamides is 1. The molecule has 25 heavy (non-hydrogen) atoms. The fourth-order valence-corrected chi connectivity index (χ4v) is 3.05. The van der Waals surface area contributed by atoms with Gasteiger partial charge in [0.25, 0.3) is 5.91 Å². The van der Waals surface area contributed by atoms with Gasteiger partial charge < -0.3 is 10.3 Å². The largest absolute Gasteiger partial charge is 0.351 e. The van der Waals surface area contributed by atoms with Gasteiger partial charge in [-0.2, -0.15) is 0 Å². The lowest BCUT2D eigenvalue weighted by Gasteiger charge is -2.14. The van der Waals surface area contributed by atoms with Crippen molar-refractivity contribution in [3.63, 3.8) is 0 Å². The van der Waals surface area contributed by atoms with Gasteiger partial charge in [0.2, 0.25) is 10.0 Å². The summed E-state index contributed by atoms with van der Waals surface area (Å²) < 4.78 is 35.8. The van der Waals surface area contributed by atoms with Crippen molar-refractivity contribution in [3.8, 4) is 0 Å². The van der Waals surface area contributed by atoms with Crippen LogP contribution in [0.2, 0.25) is 0 Å². The minimum absolute atomic E-state index is 0.00687. The topological polar surface area (TPSA) is 105 Å². The van der Waals surface area contributed by atoms with Gasteiger partial charge in [0, 0.05) is 10.9 Å². The molecule has 1 aromatic heterocycles. The van der Waals surface area contributed by atoms with Crippen LogP contribution in [0.3, 0.4) is 0 Å². The molecule has 0 aliphatic heterocycles. The third-order valence-corrected chi connectivity index (χ3v) is 4.81. The number of halogens is 1. The Hall–Kier alpha value is -2.71. The number of aromatic nitrogens is 1. The molecular weight excluding hydrogens is 345 g/mol. The summed E-state index contributed by atoms with van der Waals surface area (Å²) in [5, 5.41) is 8.47. The van der Waals surface area contributed by atoms with Gasteiger partial charge in [-0.15, -0.1) is 0 Å². The van der Waals surface area contributed by atoms with Gasteiger partial charge in [-0.3, -0.25) is 4.79 Å². The van der Waals surface area contributed by atoms with E-state index >= 15 is 0 Å². The zero-order valence-electron chi connectivity index (χ0n) is 13.3. The summed E-state index contributed by atoms with van der Waals surface area (Å²) in [4.78, 5) is 15.3. The van der Waals surface area contributed by atoms with Crippen molar-refractivity contribution >= 4 is 26.8 Å². The Morgan fingerprint density at radius 2 is 1.84 bits per heavy atom. The molecule has 2 aromatic carbocycles. The van der Waals surface area contributed by atoms with Crippen molar-refractivity contribution in [1.29, 1.82) is 0 Å². The van der Waals surface area contributed by atoms with Crippen molar-refractivity contribution in [1.82, 2.24) is 10.3 Å². The van der Waals surface area contributed by atoms with E-state index in [0.29, 0.717) is 16.6 Å². The van der Waals surface area contributed by atoms with E-state index in [2.05, 4.69) is 10.3 Å². The van der Waals surface area contributed by atoms with Gasteiger partial charge in [0.15, 0.2) is 0 Å². The lowest BCUT2D eigenvalue weighted by molar-refractivity contribution is 0.0935. The minimum atomic E-state index is -3.75. The van der Waals surface area contributed by atoms with E-state index in [1.165, 1.54) is 24.3 Å². The van der Waals surface area contributed by atoms with Crippen LogP contribution < -0.4 is 10.5 Å². The van der Waals surface area contributed by atoms with Crippen LogP contribution in [0, 0.1) is 5.82 Å². The third-order valence-electron chi connectivity index (χ3n) is 3.88. The summed E-state index contributed by atoms with van der Waals surface area (Å²) in [5.74, 6) is -0.721. The molecule has 1 unspecified atom stereocenters. The molecule has 0 saturated heterocycles. The summed E-state index contributed by atoms with van der Waals surface area (Å²) >= 11 is 0. The summed E-state index contributed by atoms with van der Waals surface area (Å²) in [5.41, 5.74) is 1.70. The SMILES string of the molecule is CC(NC(=O)c1cc2cc(F)ccc2[nH]1)c1ccc(S(N)(=O)=O)cc1. The fraction of sp³-hybridized carbons (Fsp3) is 0.118. The second kappa shape index (κ2) is 6.30. The highest BCUT2D eigenvalue weighted by atomic mass is 32.2. The van der Waals surface area contributed by atoms with Crippen LogP contribution in [0.15, 0.2) is 53.4 Å². The molecule has 0 aliphatic rings. The molecule has 1 amide bonds. The zero-order chi connectivity index (χ0) is 18.2. The molecule has 0 fully saturated rings. The number of nitrogens with one attached hydrogen (secondary N) is 2. The number of hydrogen-bond donors (Lipinski definition) is 3. The van der Waals surface area contributed by atoms with Crippen molar-refractivity contribution < 1.29 is 17.6 Å². The first-order valence-electron chi connectivity index (χ1n) is 7.46. The van der Waals surface area contributed by atoms with Gasteiger partial charge in [-0.1, -0.05) is 12.1 Å². The van der Waals surface area contributed by atoms with E-state index in [-0.39, 0.29) is 22.7 Å². The summed E-state index contributed by atoms with van der Waals surface area (Å²) in [6.45, 7) is 1.77. The number of sulfonamides is 1. The highest BCUT2D eigenvalue weighted by Crippen LogP contribution is 2.19. The number of fused-ring (bicyclic) bond motifs is 1. The van der Waals surface area contributed by atoms with Crippen molar-refractivity contribution in [2.45, 2.75) is 17.9 Å². The number of hydrogen-bond acceptors (Lipinski definition) is 3. The van der Waals surface area contributed by atoms with E-state index < -0.39 is 10.0 Å². The minimum Gasteiger partial charge on any atom is -0.351 e. The number of amides is 1. The number of carbonyl (C=O) groups excluding carboxylic acids is 1. The second-order valence-corrected chi connectivity index (χ2v) is 7.29. The molecule has 8 heteroatoms. The molecule has 0 radical (unpaired) electrons. The molecule has 6 nitrogen and oxygen atoms in total. The van der Waals surface area contributed by atoms with E-state index in [1.807, 2.05) is 0 Å². The Morgan fingerprint density at radius 1 is 1.16 bits per heavy atom. The average Bonchev–Trinajstić information content (AvgIpc) is 2.97. The van der Waals surface area contributed by atoms with E-state index in [9.17, 15) is 17.6 Å². The number of H-pyrrole nitrogens is 1. The van der Waals surface area contributed by atoms with Gasteiger partial charge in [0.1, 0.15) is 11.5 Å².